The van der Waals surface area contributed by atoms with Crippen LogP contribution in [0.25, 0.3) is 16.4 Å². The molecule has 0 aliphatic rings. The number of nitrogens with zero attached hydrogens (tertiary/aromatic N) is 2. The number of fused-ring (bicyclic) bond motifs is 3. The number of rotatable bonds is 8. The first-order chi connectivity index (χ1) is 13.5. The zero-order valence-electron chi connectivity index (χ0n) is 16.3. The van der Waals surface area contributed by atoms with Crippen LogP contribution in [0.4, 0.5) is 0 Å². The number of carbonyl (C=O) groups excluding carboxylic acids is 2. The van der Waals surface area contributed by atoms with Crippen molar-refractivity contribution in [3.63, 3.8) is 0 Å². The van der Waals surface area contributed by atoms with E-state index in [1.54, 1.807) is 30.0 Å². The number of likely N-dealkylation sites (N-methyl/N-ethyl adjacent to an activating group) is 1. The number of esters is 2. The number of aromatic nitrogens is 1. The molecule has 0 aliphatic carbocycles. The molecule has 148 valence electrons. The molecule has 0 N–H and O–H groups in total. The van der Waals surface area contributed by atoms with Crippen molar-refractivity contribution in [2.24, 2.45) is 0 Å². The molecule has 7 heteroatoms. The van der Waals surface area contributed by atoms with Crippen LogP contribution in [0.5, 0.6) is 0 Å². The highest BCUT2D eigenvalue weighted by molar-refractivity contribution is 7.98. The Morgan fingerprint density at radius 1 is 1.04 bits per heavy atom. The van der Waals surface area contributed by atoms with Gasteiger partial charge in [-0.3, -0.25) is 0 Å². The van der Waals surface area contributed by atoms with E-state index < -0.39 is 0 Å². The minimum Gasteiger partial charge on any atom is -0.461 e. The summed E-state index contributed by atoms with van der Waals surface area (Å²) in [6.45, 7) is 1.34. The van der Waals surface area contributed by atoms with Crippen molar-refractivity contribution in [2.75, 3.05) is 45.9 Å². The molecule has 0 amide bonds. The molecular formula is C21H24N2O4S. The van der Waals surface area contributed by atoms with Crippen LogP contribution in [0.2, 0.25) is 0 Å². The van der Waals surface area contributed by atoms with Gasteiger partial charge in [0.25, 0.3) is 0 Å². The van der Waals surface area contributed by atoms with Gasteiger partial charge in [0.05, 0.1) is 22.2 Å². The summed E-state index contributed by atoms with van der Waals surface area (Å²) >= 11 is 1.62. The van der Waals surface area contributed by atoms with Crippen LogP contribution >= 0.6 is 11.8 Å². The summed E-state index contributed by atoms with van der Waals surface area (Å²) in [5.41, 5.74) is 2.50. The first-order valence-electron chi connectivity index (χ1n) is 9.03. The van der Waals surface area contributed by atoms with Gasteiger partial charge in [0.2, 0.25) is 0 Å². The van der Waals surface area contributed by atoms with Crippen LogP contribution in [-0.2, 0) is 9.47 Å². The van der Waals surface area contributed by atoms with Crippen molar-refractivity contribution in [2.45, 2.75) is 0 Å². The van der Waals surface area contributed by atoms with Gasteiger partial charge in [-0.1, -0.05) is 12.1 Å². The number of hydrogen-bond donors (Lipinski definition) is 0. The van der Waals surface area contributed by atoms with Crippen molar-refractivity contribution in [1.82, 2.24) is 9.30 Å². The van der Waals surface area contributed by atoms with Gasteiger partial charge in [0, 0.05) is 23.9 Å². The predicted molar refractivity (Wildman–Crippen MR) is 112 cm³/mol. The van der Waals surface area contributed by atoms with Crippen LogP contribution < -0.4 is 0 Å². The quantitative estimate of drug-likeness (QED) is 0.427. The fourth-order valence-corrected chi connectivity index (χ4v) is 3.22. The third-order valence-corrected chi connectivity index (χ3v) is 4.95. The standard InChI is InChI=1S/C21H24N2O4S/c1-22(2)10-11-26-21(25)19-16-8-7-15(20(24)27-12-13-28-3)14-18(16)23-9-5-4-6-17(19)23/h4-9,14H,10-13H2,1-3H3. The van der Waals surface area contributed by atoms with Crippen molar-refractivity contribution in [3.05, 3.63) is 53.7 Å². The summed E-state index contributed by atoms with van der Waals surface area (Å²) in [5, 5.41) is 0.752. The van der Waals surface area contributed by atoms with Gasteiger partial charge in [0.15, 0.2) is 0 Å². The highest BCUT2D eigenvalue weighted by atomic mass is 32.2. The Bertz CT molecular complexity index is 997. The van der Waals surface area contributed by atoms with E-state index in [0.29, 0.717) is 30.9 Å². The number of benzene rings is 1. The third kappa shape index (κ3) is 4.31. The molecule has 3 aromatic rings. The second kappa shape index (κ2) is 9.12. The summed E-state index contributed by atoms with van der Waals surface area (Å²) < 4.78 is 12.7. The monoisotopic (exact) mass is 400 g/mol. The van der Waals surface area contributed by atoms with Gasteiger partial charge in [-0.15, -0.1) is 0 Å². The number of carbonyl (C=O) groups is 2. The molecule has 0 saturated carbocycles. The molecule has 0 fully saturated rings. The fraction of sp³-hybridized carbons (Fsp3) is 0.333. The lowest BCUT2D eigenvalue weighted by Crippen LogP contribution is -2.20. The normalized spacial score (nSPS) is 11.3. The largest absolute Gasteiger partial charge is 0.461 e. The Morgan fingerprint density at radius 2 is 1.82 bits per heavy atom. The molecule has 0 atom stereocenters. The summed E-state index contributed by atoms with van der Waals surface area (Å²) in [6.07, 6.45) is 3.84. The fourth-order valence-electron chi connectivity index (χ4n) is 2.97. The summed E-state index contributed by atoms with van der Waals surface area (Å²) in [6, 6.07) is 10.9. The van der Waals surface area contributed by atoms with Crippen molar-refractivity contribution < 1.29 is 19.1 Å². The second-order valence-corrected chi connectivity index (χ2v) is 7.62. The van der Waals surface area contributed by atoms with Crippen molar-refractivity contribution >= 4 is 40.1 Å². The van der Waals surface area contributed by atoms with Crippen molar-refractivity contribution in [1.29, 1.82) is 0 Å². The van der Waals surface area contributed by atoms with Gasteiger partial charge in [-0.2, -0.15) is 11.8 Å². The van der Waals surface area contributed by atoms with Gasteiger partial charge in [-0.25, -0.2) is 9.59 Å². The van der Waals surface area contributed by atoms with Crippen LogP contribution in [0, 0.1) is 0 Å². The molecule has 2 heterocycles. The maximum atomic E-state index is 12.8. The minimum atomic E-state index is -0.365. The van der Waals surface area contributed by atoms with Crippen molar-refractivity contribution in [3.8, 4) is 0 Å². The predicted octanol–water partition coefficient (Wildman–Crippen LogP) is 3.33. The zero-order valence-corrected chi connectivity index (χ0v) is 17.1. The highest BCUT2D eigenvalue weighted by Crippen LogP contribution is 2.28. The second-order valence-electron chi connectivity index (χ2n) is 6.63. The van der Waals surface area contributed by atoms with Crippen LogP contribution in [0.15, 0.2) is 42.6 Å². The topological polar surface area (TPSA) is 60.3 Å². The first-order valence-corrected chi connectivity index (χ1v) is 10.4. The van der Waals surface area contributed by atoms with Gasteiger partial charge < -0.3 is 18.8 Å². The Balaban J connectivity index is 1.97. The van der Waals surface area contributed by atoms with Gasteiger partial charge in [-0.05, 0) is 44.6 Å². The third-order valence-electron chi connectivity index (χ3n) is 4.37. The molecule has 3 rings (SSSR count). The average molecular weight is 401 g/mol. The molecule has 0 spiro atoms. The van der Waals surface area contributed by atoms with E-state index in [1.165, 1.54) is 0 Å². The molecule has 0 saturated heterocycles. The highest BCUT2D eigenvalue weighted by Gasteiger charge is 2.20. The van der Waals surface area contributed by atoms with E-state index >= 15 is 0 Å². The molecule has 0 aliphatic heterocycles. The van der Waals surface area contributed by atoms with E-state index in [0.717, 1.165) is 22.2 Å². The van der Waals surface area contributed by atoms with E-state index in [2.05, 4.69) is 0 Å². The molecule has 0 radical (unpaired) electrons. The Morgan fingerprint density at radius 3 is 2.57 bits per heavy atom. The maximum absolute atomic E-state index is 12.8. The molecule has 0 unspecified atom stereocenters. The number of hydrogen-bond acceptors (Lipinski definition) is 6. The van der Waals surface area contributed by atoms with Crippen LogP contribution in [-0.4, -0.2) is 67.1 Å². The minimum absolute atomic E-state index is 0.317. The van der Waals surface area contributed by atoms with Gasteiger partial charge >= 0.3 is 11.9 Å². The van der Waals surface area contributed by atoms with E-state index in [9.17, 15) is 9.59 Å². The Labute approximate surface area is 168 Å². The van der Waals surface area contributed by atoms with Gasteiger partial charge in [0.1, 0.15) is 13.2 Å². The lowest BCUT2D eigenvalue weighted by molar-refractivity contribution is 0.0484. The number of ether oxygens (including phenoxy) is 2. The van der Waals surface area contributed by atoms with E-state index in [1.807, 2.05) is 54.0 Å². The Hall–Kier alpha value is -2.51. The number of thioether (sulfide) groups is 1. The Kier molecular flexibility index (Phi) is 6.59. The SMILES string of the molecule is CSCCOC(=O)c1ccc2c(C(=O)OCCN(C)C)c3ccccn3c2c1. The molecule has 1 aromatic carbocycles. The summed E-state index contributed by atoms with van der Waals surface area (Å²) in [5.74, 6) is 0.0260. The lowest BCUT2D eigenvalue weighted by Gasteiger charge is -2.09. The molecule has 6 nitrogen and oxygen atoms in total. The lowest BCUT2D eigenvalue weighted by atomic mass is 10.1. The molecule has 0 bridgehead atoms. The summed E-state index contributed by atoms with van der Waals surface area (Å²) in [4.78, 5) is 27.0. The van der Waals surface area contributed by atoms with E-state index in [4.69, 9.17) is 9.47 Å². The number of pyridine rings is 1. The van der Waals surface area contributed by atoms with Crippen LogP contribution in [0.3, 0.4) is 0 Å². The molecule has 2 aromatic heterocycles. The molecule has 28 heavy (non-hydrogen) atoms. The first kappa shape index (κ1) is 20.2. The average Bonchev–Trinajstić information content (AvgIpc) is 3.01. The van der Waals surface area contributed by atoms with Crippen LogP contribution in [0.1, 0.15) is 20.7 Å². The molecular weight excluding hydrogens is 376 g/mol. The maximum Gasteiger partial charge on any atom is 0.341 e. The summed E-state index contributed by atoms with van der Waals surface area (Å²) in [7, 11) is 3.85. The smallest absolute Gasteiger partial charge is 0.341 e. The van der Waals surface area contributed by atoms with E-state index in [-0.39, 0.29) is 11.9 Å². The zero-order chi connectivity index (χ0) is 20.1.